The van der Waals surface area contributed by atoms with Crippen LogP contribution in [0.2, 0.25) is 0 Å². The van der Waals surface area contributed by atoms with Crippen LogP contribution in [0.1, 0.15) is 50.8 Å². The first kappa shape index (κ1) is 23.8. The van der Waals surface area contributed by atoms with Crippen molar-refractivity contribution < 1.29 is 27.1 Å². The second kappa shape index (κ2) is 8.60. The second-order valence-corrected chi connectivity index (χ2v) is 9.38. The van der Waals surface area contributed by atoms with Gasteiger partial charge in [-0.1, -0.05) is 26.8 Å². The van der Waals surface area contributed by atoms with E-state index in [9.17, 15) is 22.4 Å². The number of rotatable bonds is 4. The number of carbonyl (C=O) groups excluding carboxylic acids is 1. The fraction of sp³-hybridized carbons (Fsp3) is 0.478. The first-order valence-corrected chi connectivity index (χ1v) is 10.3. The number of nitrogens with zero attached hydrogens (tertiary/aromatic N) is 2. The number of nitrogens with one attached hydrogen (secondary N) is 1. The van der Waals surface area contributed by atoms with Gasteiger partial charge in [0.25, 0.3) is 0 Å². The smallest absolute Gasteiger partial charge is 0.419 e. The Labute approximate surface area is 184 Å². The normalized spacial score (nSPS) is 16.4. The summed E-state index contributed by atoms with van der Waals surface area (Å²) in [5.41, 5.74) is 0.286. The summed E-state index contributed by atoms with van der Waals surface area (Å²) in [4.78, 5) is 18.7. The number of hydrogen-bond donors (Lipinski definition) is 1. The van der Waals surface area contributed by atoms with Crippen LogP contribution in [0, 0.1) is 18.2 Å². The molecule has 1 aromatic carbocycles. The maximum absolute atomic E-state index is 14.0. The Morgan fingerprint density at radius 3 is 2.53 bits per heavy atom. The summed E-state index contributed by atoms with van der Waals surface area (Å²) >= 11 is 0. The van der Waals surface area contributed by atoms with Gasteiger partial charge in [-0.05, 0) is 48.6 Å². The molecule has 1 aliphatic heterocycles. The number of anilines is 2. The number of halogens is 4. The third-order valence-corrected chi connectivity index (χ3v) is 4.95. The molecule has 0 spiro atoms. The molecule has 0 saturated heterocycles. The second-order valence-electron chi connectivity index (χ2n) is 9.38. The number of carbonyl (C=O) groups is 1. The van der Waals surface area contributed by atoms with Gasteiger partial charge in [0.05, 0.1) is 12.1 Å². The van der Waals surface area contributed by atoms with E-state index in [1.54, 1.807) is 13.0 Å². The quantitative estimate of drug-likeness (QED) is 0.603. The van der Waals surface area contributed by atoms with Gasteiger partial charge in [0.2, 0.25) is 11.8 Å². The molecule has 3 rings (SSSR count). The molecule has 0 radical (unpaired) electrons. The summed E-state index contributed by atoms with van der Waals surface area (Å²) in [6.45, 7) is 10.2. The van der Waals surface area contributed by atoms with Crippen LogP contribution in [0.25, 0.3) is 0 Å². The summed E-state index contributed by atoms with van der Waals surface area (Å²) < 4.78 is 58.4. The molecule has 0 aliphatic carbocycles. The van der Waals surface area contributed by atoms with Crippen LogP contribution < -0.4 is 15.0 Å². The highest BCUT2D eigenvalue weighted by molar-refractivity contribution is 5.91. The molecule has 1 atom stereocenters. The van der Waals surface area contributed by atoms with Crippen molar-refractivity contribution in [2.45, 2.75) is 59.9 Å². The lowest BCUT2D eigenvalue weighted by Crippen LogP contribution is -2.38. The van der Waals surface area contributed by atoms with Crippen LogP contribution in [0.3, 0.4) is 0 Å². The molecule has 1 N–H and O–H groups in total. The summed E-state index contributed by atoms with van der Waals surface area (Å²) in [5, 5.41) is 2.82. The molecule has 5 nitrogen and oxygen atoms in total. The predicted molar refractivity (Wildman–Crippen MR) is 114 cm³/mol. The minimum atomic E-state index is -4.74. The number of fused-ring (bicyclic) bond motifs is 1. The monoisotopic (exact) mass is 453 g/mol. The van der Waals surface area contributed by atoms with E-state index in [4.69, 9.17) is 4.74 Å². The largest absolute Gasteiger partial charge is 0.471 e. The summed E-state index contributed by atoms with van der Waals surface area (Å²) in [5.74, 6) is -0.753. The minimum Gasteiger partial charge on any atom is -0.471 e. The molecule has 1 unspecified atom stereocenters. The van der Waals surface area contributed by atoms with Gasteiger partial charge in [-0.2, -0.15) is 18.2 Å². The molecule has 2 aromatic rings. The first-order valence-electron chi connectivity index (χ1n) is 10.3. The van der Waals surface area contributed by atoms with E-state index in [1.807, 2.05) is 32.6 Å². The Kier molecular flexibility index (Phi) is 6.40. The summed E-state index contributed by atoms with van der Waals surface area (Å²) in [6, 6.07) is 4.74. The number of pyridine rings is 1. The van der Waals surface area contributed by atoms with Gasteiger partial charge in [0.1, 0.15) is 23.4 Å². The molecule has 32 heavy (non-hydrogen) atoms. The topological polar surface area (TPSA) is 54.5 Å². The molecule has 0 fully saturated rings. The highest BCUT2D eigenvalue weighted by atomic mass is 19.4. The lowest BCUT2D eigenvalue weighted by atomic mass is 9.92. The third-order valence-electron chi connectivity index (χ3n) is 4.95. The zero-order chi connectivity index (χ0) is 23.8. The van der Waals surface area contributed by atoms with E-state index in [-0.39, 0.29) is 24.0 Å². The van der Waals surface area contributed by atoms with Crippen molar-refractivity contribution in [2.75, 3.05) is 16.8 Å². The van der Waals surface area contributed by atoms with Crippen molar-refractivity contribution >= 4 is 17.4 Å². The molecule has 1 amide bonds. The van der Waals surface area contributed by atoms with E-state index in [1.165, 1.54) is 6.07 Å². The van der Waals surface area contributed by atoms with Crippen LogP contribution in [0.5, 0.6) is 5.88 Å². The molecule has 9 heteroatoms. The molecule has 2 heterocycles. The number of benzene rings is 1. The number of aryl methyl sites for hydroxylation is 1. The number of amides is 1. The molecule has 1 aliphatic rings. The zero-order valence-electron chi connectivity index (χ0n) is 18.7. The Hall–Kier alpha value is -2.84. The molecule has 0 saturated carbocycles. The van der Waals surface area contributed by atoms with Gasteiger partial charge in [0.15, 0.2) is 0 Å². The highest BCUT2D eigenvalue weighted by Gasteiger charge is 2.34. The summed E-state index contributed by atoms with van der Waals surface area (Å²) in [6.07, 6.45) is -4.67. The van der Waals surface area contributed by atoms with Gasteiger partial charge in [-0.3, -0.25) is 4.79 Å². The maximum atomic E-state index is 14.0. The Morgan fingerprint density at radius 2 is 1.94 bits per heavy atom. The van der Waals surface area contributed by atoms with Gasteiger partial charge >= 0.3 is 6.18 Å². The lowest BCUT2D eigenvalue weighted by Gasteiger charge is -2.35. The van der Waals surface area contributed by atoms with Crippen LogP contribution in [-0.4, -0.2) is 23.5 Å². The van der Waals surface area contributed by atoms with Crippen molar-refractivity contribution in [1.82, 2.24) is 4.98 Å². The first-order chi connectivity index (χ1) is 14.7. The number of aromatic nitrogens is 1. The van der Waals surface area contributed by atoms with Gasteiger partial charge in [-0.25, -0.2) is 4.39 Å². The number of alkyl halides is 3. The van der Waals surface area contributed by atoms with Crippen molar-refractivity contribution in [3.63, 3.8) is 0 Å². The Balaban J connectivity index is 1.85. The minimum absolute atomic E-state index is 0.158. The van der Waals surface area contributed by atoms with Crippen molar-refractivity contribution in [3.8, 4) is 5.88 Å². The van der Waals surface area contributed by atoms with Gasteiger partial charge < -0.3 is 15.0 Å². The Bertz CT molecular complexity index is 1020. The van der Waals surface area contributed by atoms with Crippen LogP contribution in [-0.2, 0) is 17.5 Å². The number of ether oxygens (including phenoxy) is 1. The van der Waals surface area contributed by atoms with Crippen LogP contribution >= 0.6 is 0 Å². The van der Waals surface area contributed by atoms with Gasteiger partial charge in [-0.15, -0.1) is 0 Å². The van der Waals surface area contributed by atoms with Crippen LogP contribution in [0.15, 0.2) is 24.3 Å². The van der Waals surface area contributed by atoms with Crippen molar-refractivity contribution in [3.05, 3.63) is 46.8 Å². The van der Waals surface area contributed by atoms with Crippen molar-refractivity contribution in [1.29, 1.82) is 0 Å². The average molecular weight is 453 g/mol. The van der Waals surface area contributed by atoms with E-state index in [0.717, 1.165) is 12.1 Å². The highest BCUT2D eigenvalue weighted by Crippen LogP contribution is 2.37. The lowest BCUT2D eigenvalue weighted by molar-refractivity contribution is -0.140. The number of hydrogen-bond acceptors (Lipinski definition) is 4. The summed E-state index contributed by atoms with van der Waals surface area (Å²) in [7, 11) is 0. The molecule has 174 valence electrons. The average Bonchev–Trinajstić information content (AvgIpc) is 2.60. The van der Waals surface area contributed by atoms with E-state index in [2.05, 4.69) is 10.3 Å². The Morgan fingerprint density at radius 1 is 1.25 bits per heavy atom. The van der Waals surface area contributed by atoms with E-state index < -0.39 is 17.6 Å². The van der Waals surface area contributed by atoms with Crippen LogP contribution in [0.4, 0.5) is 29.1 Å². The fourth-order valence-corrected chi connectivity index (χ4v) is 3.57. The molecular formula is C23H27F4N3O2. The zero-order valence-corrected chi connectivity index (χ0v) is 18.7. The van der Waals surface area contributed by atoms with Crippen molar-refractivity contribution in [2.24, 2.45) is 5.41 Å². The maximum Gasteiger partial charge on any atom is 0.419 e. The van der Waals surface area contributed by atoms with E-state index in [0.29, 0.717) is 41.5 Å². The molecule has 0 bridgehead atoms. The predicted octanol–water partition coefficient (Wildman–Crippen LogP) is 5.71. The van der Waals surface area contributed by atoms with E-state index >= 15 is 0 Å². The SMILES string of the molecule is Cc1cc2c(nc1NC(=O)CC(C)(C)C)OC(C)CN2Cc1ccc(C(F)(F)F)c(F)c1. The standard InChI is InChI=1S/C23H27F4N3O2/c1-13-8-18-21(29-20(13)28-19(31)10-22(3,4)5)32-14(2)11-30(18)12-15-6-7-16(17(24)9-15)23(25,26)27/h6-9,14H,10-12H2,1-5H3,(H,28,29,31). The van der Waals surface area contributed by atoms with Gasteiger partial charge in [0, 0.05) is 13.0 Å². The fourth-order valence-electron chi connectivity index (χ4n) is 3.57. The third kappa shape index (κ3) is 5.69. The molecule has 1 aromatic heterocycles. The molecular weight excluding hydrogens is 426 g/mol.